The molecule has 1 rings (SSSR count). The third-order valence-electron chi connectivity index (χ3n) is 6.08. The summed E-state index contributed by atoms with van der Waals surface area (Å²) in [6.07, 6.45) is 0.278. The highest BCUT2D eigenvalue weighted by atomic mass is 16.6. The molecule has 0 heterocycles. The van der Waals surface area contributed by atoms with Gasteiger partial charge in [-0.3, -0.25) is 0 Å². The normalized spacial score (nSPS) is 13.4. The lowest BCUT2D eigenvalue weighted by atomic mass is 10.2. The van der Waals surface area contributed by atoms with Crippen LogP contribution in [-0.4, -0.2) is 97.7 Å². The fourth-order valence-corrected chi connectivity index (χ4v) is 3.78. The summed E-state index contributed by atoms with van der Waals surface area (Å²) in [5, 5.41) is 18.9. The van der Waals surface area contributed by atoms with Gasteiger partial charge in [0.15, 0.2) is 0 Å². The monoisotopic (exact) mass is 648 g/mol. The Kier molecular flexibility index (Phi) is 17.4. The first-order valence-electron chi connectivity index (χ1n) is 15.3. The van der Waals surface area contributed by atoms with Gasteiger partial charge in [-0.25, -0.2) is 24.0 Å². The van der Waals surface area contributed by atoms with E-state index in [0.29, 0.717) is 6.54 Å². The lowest BCUT2D eigenvalue weighted by Crippen LogP contribution is -2.53. The number of carbonyl (C=O) groups is 5. The molecule has 46 heavy (non-hydrogen) atoms. The van der Waals surface area contributed by atoms with Crippen molar-refractivity contribution in [2.24, 2.45) is 0 Å². The van der Waals surface area contributed by atoms with Crippen LogP contribution in [0.1, 0.15) is 54.0 Å². The summed E-state index contributed by atoms with van der Waals surface area (Å²) >= 11 is 0. The molecule has 0 fully saturated rings. The molecule has 15 nitrogen and oxygen atoms in total. The Morgan fingerprint density at radius 1 is 0.761 bits per heavy atom. The zero-order valence-corrected chi connectivity index (χ0v) is 28.0. The number of carbonyl (C=O) groups excluding carboxylic acids is 5. The standard InChI is InChI=1S/C31H52N8O7/c1-9-15-45-29(43)35-19-24(5)39(20-25-13-11-10-12-14-25)28(42)34-18-22(3)37-26(40)32-16-21(2)36-27(41)33-17-23(4)38-30(44)46-31(6,7)8/h9-14,21-24H,1,15-20H2,2-8H3,(H,34,42)(H,35,43)(H,38,44)(H2,32,37,40)(H2,33,36,41)/t21-,22-,23-,24-/m0/s1. The van der Waals surface area contributed by atoms with Crippen molar-refractivity contribution in [3.8, 4) is 0 Å². The number of nitrogens with zero attached hydrogens (tertiary/aromatic N) is 1. The van der Waals surface area contributed by atoms with Gasteiger partial charge in [-0.1, -0.05) is 43.0 Å². The van der Waals surface area contributed by atoms with Crippen molar-refractivity contribution in [2.45, 2.75) is 84.8 Å². The van der Waals surface area contributed by atoms with E-state index in [9.17, 15) is 24.0 Å². The molecule has 258 valence electrons. The molecule has 0 aliphatic heterocycles. The SMILES string of the molecule is C=CCOC(=O)NC[C@H](C)N(Cc1ccccc1)C(=O)NC[C@H](C)NC(=O)NC[C@H](C)NC(=O)NC[C@H](C)NC(=O)OC(C)(C)C. The van der Waals surface area contributed by atoms with E-state index in [-0.39, 0.29) is 50.9 Å². The zero-order valence-electron chi connectivity index (χ0n) is 28.0. The molecule has 0 unspecified atom stereocenters. The Hall–Kier alpha value is -4.69. The fraction of sp³-hybridized carbons (Fsp3) is 0.581. The summed E-state index contributed by atoms with van der Waals surface area (Å²) in [7, 11) is 0. The van der Waals surface area contributed by atoms with E-state index in [1.165, 1.54) is 6.08 Å². The molecular formula is C31H52N8O7. The van der Waals surface area contributed by atoms with E-state index in [2.05, 4.69) is 43.8 Å². The molecule has 1 aromatic carbocycles. The molecule has 0 aliphatic rings. The van der Waals surface area contributed by atoms with Crippen molar-refractivity contribution in [1.29, 1.82) is 0 Å². The van der Waals surface area contributed by atoms with E-state index in [1.54, 1.807) is 46.4 Å². The van der Waals surface area contributed by atoms with E-state index < -0.39 is 41.9 Å². The van der Waals surface area contributed by atoms with Gasteiger partial charge in [-0.2, -0.15) is 0 Å². The third kappa shape index (κ3) is 18.2. The summed E-state index contributed by atoms with van der Waals surface area (Å²) in [6.45, 7) is 16.8. The predicted molar refractivity (Wildman–Crippen MR) is 175 cm³/mol. The van der Waals surface area contributed by atoms with Crippen LogP contribution in [-0.2, 0) is 16.0 Å². The molecule has 4 atom stereocenters. The summed E-state index contributed by atoms with van der Waals surface area (Å²) < 4.78 is 10.1. The number of hydrogen-bond donors (Lipinski definition) is 7. The van der Waals surface area contributed by atoms with Gasteiger partial charge in [0.05, 0.1) is 0 Å². The number of amides is 8. The minimum absolute atomic E-state index is 0.0770. The number of rotatable bonds is 16. The molecule has 0 spiro atoms. The fourth-order valence-electron chi connectivity index (χ4n) is 3.78. The molecule has 8 amide bonds. The number of urea groups is 3. The van der Waals surface area contributed by atoms with Crippen molar-refractivity contribution in [2.75, 3.05) is 32.8 Å². The molecule has 0 aromatic heterocycles. The van der Waals surface area contributed by atoms with Gasteiger partial charge in [-0.15, -0.1) is 0 Å². The average Bonchev–Trinajstić information content (AvgIpc) is 2.97. The lowest BCUT2D eigenvalue weighted by Gasteiger charge is -2.30. The highest BCUT2D eigenvalue weighted by molar-refractivity contribution is 5.77. The number of benzene rings is 1. The lowest BCUT2D eigenvalue weighted by molar-refractivity contribution is 0.0508. The highest BCUT2D eigenvalue weighted by Crippen LogP contribution is 2.09. The molecule has 0 aliphatic carbocycles. The van der Waals surface area contributed by atoms with Crippen LogP contribution < -0.4 is 37.2 Å². The molecule has 0 saturated carbocycles. The number of hydrogen-bond acceptors (Lipinski definition) is 7. The number of nitrogens with one attached hydrogen (secondary N) is 7. The molecule has 15 heteroatoms. The van der Waals surface area contributed by atoms with Crippen LogP contribution in [0.5, 0.6) is 0 Å². The smallest absolute Gasteiger partial charge is 0.407 e. The topological polar surface area (TPSA) is 191 Å². The number of alkyl carbamates (subject to hydrolysis) is 2. The van der Waals surface area contributed by atoms with Crippen LogP contribution in [0, 0.1) is 0 Å². The Morgan fingerprint density at radius 3 is 1.80 bits per heavy atom. The highest BCUT2D eigenvalue weighted by Gasteiger charge is 2.22. The summed E-state index contributed by atoms with van der Waals surface area (Å²) in [6, 6.07) is 6.58. The Labute approximate surface area is 272 Å². The first-order chi connectivity index (χ1) is 21.6. The first kappa shape index (κ1) is 39.3. The van der Waals surface area contributed by atoms with Gasteiger partial charge in [0, 0.05) is 56.9 Å². The van der Waals surface area contributed by atoms with Crippen LogP contribution in [0.4, 0.5) is 24.0 Å². The van der Waals surface area contributed by atoms with E-state index in [4.69, 9.17) is 9.47 Å². The third-order valence-corrected chi connectivity index (χ3v) is 6.08. The van der Waals surface area contributed by atoms with Crippen LogP contribution in [0.15, 0.2) is 43.0 Å². The van der Waals surface area contributed by atoms with Crippen LogP contribution >= 0.6 is 0 Å². The van der Waals surface area contributed by atoms with E-state index in [0.717, 1.165) is 5.56 Å². The maximum Gasteiger partial charge on any atom is 0.407 e. The van der Waals surface area contributed by atoms with E-state index >= 15 is 0 Å². The minimum Gasteiger partial charge on any atom is -0.445 e. The van der Waals surface area contributed by atoms with Gasteiger partial charge >= 0.3 is 30.3 Å². The predicted octanol–water partition coefficient (Wildman–Crippen LogP) is 2.79. The van der Waals surface area contributed by atoms with Crippen molar-refractivity contribution >= 4 is 30.3 Å². The van der Waals surface area contributed by atoms with Gasteiger partial charge in [0.1, 0.15) is 12.2 Å². The Bertz CT molecular complexity index is 1130. The second-order valence-corrected chi connectivity index (χ2v) is 12.0. The summed E-state index contributed by atoms with van der Waals surface area (Å²) in [5.41, 5.74) is 0.285. The first-order valence-corrected chi connectivity index (χ1v) is 15.3. The average molecular weight is 649 g/mol. The minimum atomic E-state index is -0.625. The Balaban J connectivity index is 2.47. The van der Waals surface area contributed by atoms with Crippen LogP contribution in [0.3, 0.4) is 0 Å². The zero-order chi connectivity index (χ0) is 34.7. The van der Waals surface area contributed by atoms with Crippen molar-refractivity contribution in [3.63, 3.8) is 0 Å². The summed E-state index contributed by atoms with van der Waals surface area (Å²) in [4.78, 5) is 63.1. The molecule has 0 saturated heterocycles. The van der Waals surface area contributed by atoms with Crippen LogP contribution in [0.2, 0.25) is 0 Å². The molecular weight excluding hydrogens is 596 g/mol. The van der Waals surface area contributed by atoms with Crippen molar-refractivity contribution < 1.29 is 33.4 Å². The van der Waals surface area contributed by atoms with Gasteiger partial charge in [0.2, 0.25) is 0 Å². The maximum atomic E-state index is 13.2. The van der Waals surface area contributed by atoms with Crippen LogP contribution in [0.25, 0.3) is 0 Å². The van der Waals surface area contributed by atoms with Gasteiger partial charge in [-0.05, 0) is 54.0 Å². The molecule has 1 aromatic rings. The van der Waals surface area contributed by atoms with Gasteiger partial charge < -0.3 is 51.6 Å². The Morgan fingerprint density at radius 2 is 1.28 bits per heavy atom. The second kappa shape index (κ2) is 20.4. The summed E-state index contributed by atoms with van der Waals surface area (Å²) in [5.74, 6) is 0. The van der Waals surface area contributed by atoms with Crippen molar-refractivity contribution in [1.82, 2.24) is 42.1 Å². The molecule has 7 N–H and O–H groups in total. The van der Waals surface area contributed by atoms with E-state index in [1.807, 2.05) is 37.3 Å². The molecule has 0 radical (unpaired) electrons. The number of ether oxygens (including phenoxy) is 2. The van der Waals surface area contributed by atoms with Crippen molar-refractivity contribution in [3.05, 3.63) is 48.6 Å². The second-order valence-electron chi connectivity index (χ2n) is 12.0. The van der Waals surface area contributed by atoms with Gasteiger partial charge in [0.25, 0.3) is 0 Å². The quantitative estimate of drug-likeness (QED) is 0.134. The molecule has 0 bridgehead atoms. The largest absolute Gasteiger partial charge is 0.445 e. The maximum absolute atomic E-state index is 13.2.